The molecule has 1 aromatic rings. The number of nitrogens with zero attached hydrogens (tertiary/aromatic N) is 2. The molecule has 0 aliphatic carbocycles. The van der Waals surface area contributed by atoms with E-state index in [-0.39, 0.29) is 5.91 Å². The van der Waals surface area contributed by atoms with E-state index in [2.05, 4.69) is 5.16 Å². The van der Waals surface area contributed by atoms with Crippen LogP contribution in [-0.2, 0) is 11.2 Å². The number of carbonyl (C=O) groups is 1. The summed E-state index contributed by atoms with van der Waals surface area (Å²) in [6.07, 6.45) is 0.331. The minimum Gasteiger partial charge on any atom is -0.361 e. The Bertz CT molecular complexity index is 327. The van der Waals surface area contributed by atoms with Gasteiger partial charge in [-0.1, -0.05) is 5.16 Å². The van der Waals surface area contributed by atoms with Crippen LogP contribution in [0.15, 0.2) is 4.52 Å². The number of hydrogen-bond acceptors (Lipinski definition) is 4. The van der Waals surface area contributed by atoms with E-state index in [1.807, 2.05) is 13.8 Å². The number of carbonyl (C=O) groups excluding carboxylic acids is 1. The summed E-state index contributed by atoms with van der Waals surface area (Å²) in [5.74, 6) is 0.747. The van der Waals surface area contributed by atoms with E-state index in [9.17, 15) is 4.79 Å². The van der Waals surface area contributed by atoms with Crippen molar-refractivity contribution in [2.45, 2.75) is 20.3 Å². The minimum absolute atomic E-state index is 0.0369. The number of aromatic nitrogens is 1. The molecule has 1 heterocycles. The predicted molar refractivity (Wildman–Crippen MR) is 56.4 cm³/mol. The molecule has 2 N–H and O–H groups in total. The lowest BCUT2D eigenvalue weighted by Gasteiger charge is -2.15. The van der Waals surface area contributed by atoms with Crippen molar-refractivity contribution < 1.29 is 9.32 Å². The van der Waals surface area contributed by atoms with Gasteiger partial charge in [-0.25, -0.2) is 0 Å². The van der Waals surface area contributed by atoms with Gasteiger partial charge in [-0.15, -0.1) is 0 Å². The van der Waals surface area contributed by atoms with Crippen LogP contribution < -0.4 is 5.73 Å². The minimum atomic E-state index is 0.0369. The number of rotatable bonds is 4. The molecule has 0 spiro atoms. The number of likely N-dealkylation sites (N-methyl/N-ethyl adjacent to an activating group) is 1. The zero-order chi connectivity index (χ0) is 11.4. The van der Waals surface area contributed by atoms with Crippen molar-refractivity contribution >= 4 is 5.91 Å². The van der Waals surface area contributed by atoms with Gasteiger partial charge in [-0.3, -0.25) is 4.79 Å². The molecule has 1 rings (SSSR count). The molecular formula is C10H17N3O2. The summed E-state index contributed by atoms with van der Waals surface area (Å²) in [4.78, 5) is 13.3. The number of amides is 1. The van der Waals surface area contributed by atoms with Gasteiger partial charge >= 0.3 is 0 Å². The van der Waals surface area contributed by atoms with Crippen LogP contribution in [0.4, 0.5) is 0 Å². The lowest BCUT2D eigenvalue weighted by Crippen LogP contribution is -2.32. The summed E-state index contributed by atoms with van der Waals surface area (Å²) < 4.78 is 4.99. The van der Waals surface area contributed by atoms with Crippen molar-refractivity contribution in [2.24, 2.45) is 5.73 Å². The van der Waals surface area contributed by atoms with Crippen LogP contribution in [0.3, 0.4) is 0 Å². The molecule has 15 heavy (non-hydrogen) atoms. The highest BCUT2D eigenvalue weighted by atomic mass is 16.5. The number of hydrogen-bond donors (Lipinski definition) is 1. The quantitative estimate of drug-likeness (QED) is 0.775. The number of aryl methyl sites for hydroxylation is 2. The van der Waals surface area contributed by atoms with Crippen LogP contribution in [0.1, 0.15) is 17.0 Å². The van der Waals surface area contributed by atoms with E-state index >= 15 is 0 Å². The Labute approximate surface area is 89.2 Å². The van der Waals surface area contributed by atoms with Crippen LogP contribution in [0, 0.1) is 13.8 Å². The molecule has 1 amide bonds. The average molecular weight is 211 g/mol. The molecule has 84 valence electrons. The summed E-state index contributed by atoms with van der Waals surface area (Å²) in [5, 5.41) is 3.80. The Morgan fingerprint density at radius 2 is 2.20 bits per heavy atom. The molecule has 0 saturated heterocycles. The van der Waals surface area contributed by atoms with Crippen LogP contribution in [-0.4, -0.2) is 36.1 Å². The first-order valence-electron chi connectivity index (χ1n) is 4.92. The SMILES string of the molecule is Cc1noc(C)c1CC(=O)N(C)CCN. The molecule has 0 radical (unpaired) electrons. The van der Waals surface area contributed by atoms with Gasteiger partial charge in [0.15, 0.2) is 0 Å². The Balaban J connectivity index is 2.66. The van der Waals surface area contributed by atoms with Crippen LogP contribution in [0.2, 0.25) is 0 Å². The molecule has 0 fully saturated rings. The second kappa shape index (κ2) is 4.93. The van der Waals surface area contributed by atoms with Gasteiger partial charge in [-0.2, -0.15) is 0 Å². The van der Waals surface area contributed by atoms with E-state index in [0.29, 0.717) is 25.3 Å². The molecule has 0 unspecified atom stereocenters. The zero-order valence-corrected chi connectivity index (χ0v) is 9.41. The molecule has 0 aromatic carbocycles. The van der Waals surface area contributed by atoms with E-state index in [1.54, 1.807) is 11.9 Å². The molecule has 5 heteroatoms. The fourth-order valence-electron chi connectivity index (χ4n) is 1.36. The summed E-state index contributed by atoms with van der Waals surface area (Å²) in [6.45, 7) is 4.69. The van der Waals surface area contributed by atoms with Gasteiger partial charge in [0.1, 0.15) is 5.76 Å². The van der Waals surface area contributed by atoms with E-state index in [1.165, 1.54) is 0 Å². The largest absolute Gasteiger partial charge is 0.361 e. The number of nitrogens with two attached hydrogens (primary N) is 1. The Morgan fingerprint density at radius 1 is 1.53 bits per heavy atom. The first-order valence-corrected chi connectivity index (χ1v) is 4.92. The van der Waals surface area contributed by atoms with Gasteiger partial charge < -0.3 is 15.2 Å². The third kappa shape index (κ3) is 2.79. The van der Waals surface area contributed by atoms with Crippen molar-refractivity contribution in [3.05, 3.63) is 17.0 Å². The first kappa shape index (κ1) is 11.7. The maximum Gasteiger partial charge on any atom is 0.226 e. The highest BCUT2D eigenvalue weighted by molar-refractivity contribution is 5.78. The van der Waals surface area contributed by atoms with Gasteiger partial charge in [0.2, 0.25) is 5.91 Å². The molecule has 0 aliphatic rings. The van der Waals surface area contributed by atoms with Crippen molar-refractivity contribution in [2.75, 3.05) is 20.1 Å². The zero-order valence-electron chi connectivity index (χ0n) is 9.41. The molecule has 0 atom stereocenters. The molecular weight excluding hydrogens is 194 g/mol. The van der Waals surface area contributed by atoms with Gasteiger partial charge in [0.05, 0.1) is 12.1 Å². The third-order valence-electron chi connectivity index (χ3n) is 2.40. The van der Waals surface area contributed by atoms with Crippen molar-refractivity contribution in [3.8, 4) is 0 Å². The lowest BCUT2D eigenvalue weighted by atomic mass is 10.1. The average Bonchev–Trinajstić information content (AvgIpc) is 2.49. The molecule has 1 aromatic heterocycles. The second-order valence-electron chi connectivity index (χ2n) is 3.58. The Kier molecular flexibility index (Phi) is 3.85. The van der Waals surface area contributed by atoms with E-state index in [4.69, 9.17) is 10.3 Å². The van der Waals surface area contributed by atoms with Gasteiger partial charge in [0, 0.05) is 25.7 Å². The summed E-state index contributed by atoms with van der Waals surface area (Å²) >= 11 is 0. The van der Waals surface area contributed by atoms with Crippen molar-refractivity contribution in [1.82, 2.24) is 10.1 Å². The van der Waals surface area contributed by atoms with Crippen LogP contribution in [0.5, 0.6) is 0 Å². The molecule has 0 aliphatic heterocycles. The van der Waals surface area contributed by atoms with Crippen molar-refractivity contribution in [1.29, 1.82) is 0 Å². The third-order valence-corrected chi connectivity index (χ3v) is 2.40. The topological polar surface area (TPSA) is 72.4 Å². The fourth-order valence-corrected chi connectivity index (χ4v) is 1.36. The molecule has 0 bridgehead atoms. The second-order valence-corrected chi connectivity index (χ2v) is 3.58. The smallest absolute Gasteiger partial charge is 0.226 e. The van der Waals surface area contributed by atoms with Crippen LogP contribution >= 0.6 is 0 Å². The maximum atomic E-state index is 11.7. The normalized spacial score (nSPS) is 10.4. The predicted octanol–water partition coefficient (Wildman–Crippen LogP) is 0.251. The fraction of sp³-hybridized carbons (Fsp3) is 0.600. The Hall–Kier alpha value is -1.36. The molecule has 0 saturated carbocycles. The van der Waals surface area contributed by atoms with Gasteiger partial charge in [0.25, 0.3) is 0 Å². The van der Waals surface area contributed by atoms with Gasteiger partial charge in [-0.05, 0) is 13.8 Å². The van der Waals surface area contributed by atoms with Crippen LogP contribution in [0.25, 0.3) is 0 Å². The summed E-state index contributed by atoms with van der Waals surface area (Å²) in [6, 6.07) is 0. The first-order chi connectivity index (χ1) is 7.06. The standard InChI is InChI=1S/C10H17N3O2/c1-7-9(8(2)15-12-7)6-10(14)13(3)5-4-11/h4-6,11H2,1-3H3. The lowest BCUT2D eigenvalue weighted by molar-refractivity contribution is -0.129. The van der Waals surface area contributed by atoms with E-state index < -0.39 is 0 Å². The molecule has 5 nitrogen and oxygen atoms in total. The highest BCUT2D eigenvalue weighted by Gasteiger charge is 2.15. The Morgan fingerprint density at radius 3 is 2.67 bits per heavy atom. The monoisotopic (exact) mass is 211 g/mol. The summed E-state index contributed by atoms with van der Waals surface area (Å²) in [5.41, 5.74) is 7.03. The maximum absolute atomic E-state index is 11.7. The van der Waals surface area contributed by atoms with E-state index in [0.717, 1.165) is 11.3 Å². The highest BCUT2D eigenvalue weighted by Crippen LogP contribution is 2.13. The van der Waals surface area contributed by atoms with Crippen molar-refractivity contribution in [3.63, 3.8) is 0 Å². The summed E-state index contributed by atoms with van der Waals surface area (Å²) in [7, 11) is 1.74.